The van der Waals surface area contributed by atoms with E-state index in [2.05, 4.69) is 26.5 Å². The van der Waals surface area contributed by atoms with E-state index in [4.69, 9.17) is 4.74 Å². The molecular formula is C20H25N5O6S. The minimum absolute atomic E-state index is 0.137. The third-order valence-corrected chi connectivity index (χ3v) is 4.72. The van der Waals surface area contributed by atoms with E-state index in [-0.39, 0.29) is 16.7 Å². The van der Waals surface area contributed by atoms with Gasteiger partial charge in [-0.1, -0.05) is 35.6 Å². The molecule has 0 radical (unpaired) electrons. The third kappa shape index (κ3) is 7.87. The maximum Gasteiger partial charge on any atom is 0.426 e. The molecule has 32 heavy (non-hydrogen) atoms. The highest BCUT2D eigenvalue weighted by Gasteiger charge is 2.19. The number of anilines is 1. The molecule has 0 atom stereocenters. The van der Waals surface area contributed by atoms with Crippen molar-refractivity contribution in [2.45, 2.75) is 39.7 Å². The van der Waals surface area contributed by atoms with Crippen LogP contribution in [0.2, 0.25) is 0 Å². The number of urea groups is 1. The van der Waals surface area contributed by atoms with E-state index in [9.17, 15) is 24.3 Å². The lowest BCUT2D eigenvalue weighted by Crippen LogP contribution is -2.48. The molecule has 0 unspecified atom stereocenters. The van der Waals surface area contributed by atoms with Crippen molar-refractivity contribution in [3.8, 4) is 10.4 Å². The summed E-state index contributed by atoms with van der Waals surface area (Å²) in [7, 11) is 0. The molecule has 0 bridgehead atoms. The Morgan fingerprint density at radius 1 is 1.09 bits per heavy atom. The van der Waals surface area contributed by atoms with Gasteiger partial charge in [0.1, 0.15) is 5.60 Å². The van der Waals surface area contributed by atoms with Gasteiger partial charge >= 0.3 is 18.1 Å². The fourth-order valence-electron chi connectivity index (χ4n) is 2.46. The van der Waals surface area contributed by atoms with E-state index >= 15 is 0 Å². The second-order valence-electron chi connectivity index (χ2n) is 7.64. The fraction of sp³-hybridized carbons (Fsp3) is 0.350. The number of amides is 4. The number of thiazole rings is 1. The molecule has 4 amide bonds. The van der Waals surface area contributed by atoms with Gasteiger partial charge in [-0.25, -0.2) is 30.2 Å². The van der Waals surface area contributed by atoms with Crippen LogP contribution in [-0.4, -0.2) is 46.2 Å². The lowest BCUT2D eigenvalue weighted by atomic mass is 10.1. The molecule has 1 heterocycles. The van der Waals surface area contributed by atoms with E-state index in [1.54, 1.807) is 45.0 Å². The van der Waals surface area contributed by atoms with Gasteiger partial charge in [0, 0.05) is 13.5 Å². The number of nitrogens with one attached hydrogen (secondary N) is 4. The van der Waals surface area contributed by atoms with Crippen LogP contribution in [0.5, 0.6) is 0 Å². The number of hydrogen-bond acceptors (Lipinski definition) is 7. The van der Waals surface area contributed by atoms with Gasteiger partial charge in [-0.3, -0.25) is 4.79 Å². The number of carboxylic acid groups (broad SMARTS) is 1. The van der Waals surface area contributed by atoms with E-state index in [0.717, 1.165) is 16.9 Å². The number of hydrazine groups is 1. The first-order valence-corrected chi connectivity index (χ1v) is 10.4. The molecule has 0 aliphatic heterocycles. The summed E-state index contributed by atoms with van der Waals surface area (Å²) in [6.07, 6.45) is -0.264. The number of ether oxygens (including phenoxy) is 1. The standard InChI is InChI=1S/C20H25N5O6S/c1-11(26)22-18-23-14(16(27)28)15(32-18)13-7-5-12(6-8-13)9-10-21-17(29)24-25-19(30)31-20(2,3)4/h5-8H,9-10H2,1-4H3,(H,25,30)(H,27,28)(H2,21,24,29)(H,22,23,26). The van der Waals surface area contributed by atoms with Crippen molar-refractivity contribution in [1.29, 1.82) is 0 Å². The van der Waals surface area contributed by atoms with Gasteiger partial charge in [-0.2, -0.15) is 0 Å². The van der Waals surface area contributed by atoms with Crippen molar-refractivity contribution < 1.29 is 29.0 Å². The molecule has 2 aromatic rings. The van der Waals surface area contributed by atoms with Crippen molar-refractivity contribution >= 4 is 40.5 Å². The molecule has 172 valence electrons. The van der Waals surface area contributed by atoms with Crippen LogP contribution >= 0.6 is 11.3 Å². The van der Waals surface area contributed by atoms with Crippen molar-refractivity contribution in [3.05, 3.63) is 35.5 Å². The van der Waals surface area contributed by atoms with Crippen LogP contribution in [0.15, 0.2) is 24.3 Å². The zero-order chi connectivity index (χ0) is 23.9. The monoisotopic (exact) mass is 463 g/mol. The highest BCUT2D eigenvalue weighted by molar-refractivity contribution is 7.19. The fourth-order valence-corrected chi connectivity index (χ4v) is 3.47. The number of hydrogen-bond donors (Lipinski definition) is 5. The predicted molar refractivity (Wildman–Crippen MR) is 118 cm³/mol. The minimum Gasteiger partial charge on any atom is -0.476 e. The van der Waals surface area contributed by atoms with Crippen molar-refractivity contribution in [2.24, 2.45) is 0 Å². The Labute approximate surface area is 188 Å². The number of carbonyl (C=O) groups excluding carboxylic acids is 3. The molecule has 12 heteroatoms. The number of aromatic nitrogens is 1. The summed E-state index contributed by atoms with van der Waals surface area (Å²) in [6.45, 7) is 6.74. The summed E-state index contributed by atoms with van der Waals surface area (Å²) in [6, 6.07) is 6.51. The molecule has 2 rings (SSSR count). The van der Waals surface area contributed by atoms with Crippen LogP contribution in [0.25, 0.3) is 10.4 Å². The zero-order valence-corrected chi connectivity index (χ0v) is 18.9. The highest BCUT2D eigenvalue weighted by Crippen LogP contribution is 2.33. The smallest absolute Gasteiger partial charge is 0.426 e. The summed E-state index contributed by atoms with van der Waals surface area (Å²) in [5.74, 6) is -1.53. The van der Waals surface area contributed by atoms with E-state index in [1.165, 1.54) is 6.92 Å². The lowest BCUT2D eigenvalue weighted by Gasteiger charge is -2.19. The van der Waals surface area contributed by atoms with Crippen molar-refractivity contribution in [3.63, 3.8) is 0 Å². The summed E-state index contributed by atoms with van der Waals surface area (Å²) < 4.78 is 5.00. The first-order chi connectivity index (χ1) is 14.9. The van der Waals surface area contributed by atoms with Crippen molar-refractivity contribution in [1.82, 2.24) is 21.2 Å². The average molecular weight is 464 g/mol. The molecular weight excluding hydrogens is 438 g/mol. The van der Waals surface area contributed by atoms with Gasteiger partial charge < -0.3 is 20.5 Å². The van der Waals surface area contributed by atoms with Crippen LogP contribution in [0.3, 0.4) is 0 Å². The number of carboxylic acids is 1. The van der Waals surface area contributed by atoms with Gasteiger partial charge in [-0.15, -0.1) is 0 Å². The summed E-state index contributed by atoms with van der Waals surface area (Å²) in [4.78, 5) is 50.3. The second kappa shape index (κ2) is 10.6. The topological polar surface area (TPSA) is 159 Å². The zero-order valence-electron chi connectivity index (χ0n) is 18.1. The van der Waals surface area contributed by atoms with Gasteiger partial charge in [-0.05, 0) is 38.3 Å². The molecule has 0 aliphatic rings. The van der Waals surface area contributed by atoms with E-state index in [1.807, 2.05) is 0 Å². The Kier molecular flexibility index (Phi) is 8.13. The molecule has 1 aromatic carbocycles. The first-order valence-electron chi connectivity index (χ1n) is 9.58. The largest absolute Gasteiger partial charge is 0.476 e. The second-order valence-corrected chi connectivity index (χ2v) is 8.64. The number of carbonyl (C=O) groups is 4. The van der Waals surface area contributed by atoms with Crippen LogP contribution in [-0.2, 0) is 16.0 Å². The Hall–Kier alpha value is -3.67. The predicted octanol–water partition coefficient (Wildman–Crippen LogP) is 2.75. The number of rotatable bonds is 6. The number of benzene rings is 1. The number of nitrogens with zero attached hydrogens (tertiary/aromatic N) is 1. The lowest BCUT2D eigenvalue weighted by molar-refractivity contribution is -0.114. The molecule has 0 fully saturated rings. The normalized spacial score (nSPS) is 10.8. The van der Waals surface area contributed by atoms with Crippen LogP contribution in [0.4, 0.5) is 14.7 Å². The molecule has 0 spiro atoms. The van der Waals surface area contributed by atoms with Crippen LogP contribution in [0.1, 0.15) is 43.7 Å². The maximum atomic E-state index is 11.7. The first kappa shape index (κ1) is 24.6. The molecule has 0 aliphatic carbocycles. The Morgan fingerprint density at radius 2 is 1.75 bits per heavy atom. The summed E-state index contributed by atoms with van der Waals surface area (Å²) in [5.41, 5.74) is 5.06. The van der Waals surface area contributed by atoms with E-state index < -0.39 is 23.7 Å². The highest BCUT2D eigenvalue weighted by atomic mass is 32.1. The van der Waals surface area contributed by atoms with Gasteiger partial charge in [0.05, 0.1) is 4.88 Å². The minimum atomic E-state index is -1.19. The average Bonchev–Trinajstić information content (AvgIpc) is 3.09. The molecule has 0 saturated heterocycles. The SMILES string of the molecule is CC(=O)Nc1nc(C(=O)O)c(-c2ccc(CCNC(=O)NNC(=O)OC(C)(C)C)cc2)s1. The van der Waals surface area contributed by atoms with Crippen LogP contribution < -0.4 is 21.5 Å². The third-order valence-electron chi connectivity index (χ3n) is 3.71. The Balaban J connectivity index is 1.89. The number of aromatic carboxylic acids is 1. The molecule has 0 saturated carbocycles. The quantitative estimate of drug-likeness (QED) is 0.412. The maximum absolute atomic E-state index is 11.7. The molecule has 1 aromatic heterocycles. The van der Waals surface area contributed by atoms with Gasteiger partial charge in [0.15, 0.2) is 10.8 Å². The van der Waals surface area contributed by atoms with Crippen molar-refractivity contribution in [2.75, 3.05) is 11.9 Å². The van der Waals surface area contributed by atoms with Crippen LogP contribution in [0, 0.1) is 0 Å². The van der Waals surface area contributed by atoms with E-state index in [0.29, 0.717) is 23.4 Å². The van der Waals surface area contributed by atoms with Gasteiger partial charge in [0.2, 0.25) is 5.91 Å². The Morgan fingerprint density at radius 3 is 2.31 bits per heavy atom. The summed E-state index contributed by atoms with van der Waals surface area (Å²) in [5, 5.41) is 14.7. The molecule has 5 N–H and O–H groups in total. The summed E-state index contributed by atoms with van der Waals surface area (Å²) >= 11 is 1.07. The Bertz CT molecular complexity index is 997. The molecule has 11 nitrogen and oxygen atoms in total. The van der Waals surface area contributed by atoms with Gasteiger partial charge in [0.25, 0.3) is 0 Å².